The molecule has 0 radical (unpaired) electrons. The Kier molecular flexibility index (Phi) is 8.22. The molecular formula is C27H37F3N2O5. The number of benzene rings is 1. The second-order valence-corrected chi connectivity index (χ2v) is 11.6. The summed E-state index contributed by atoms with van der Waals surface area (Å²) < 4.78 is 51.8. The molecule has 2 aliphatic rings. The third kappa shape index (κ3) is 7.40. The minimum atomic E-state index is -4.53. The zero-order valence-electron chi connectivity index (χ0n) is 22.3. The monoisotopic (exact) mass is 526 g/mol. The lowest BCUT2D eigenvalue weighted by molar-refractivity contribution is -0.160. The number of piperidine rings is 1. The molecule has 2 aliphatic heterocycles. The van der Waals surface area contributed by atoms with E-state index >= 15 is 0 Å². The van der Waals surface area contributed by atoms with Crippen molar-refractivity contribution < 1.29 is 37.3 Å². The Morgan fingerprint density at radius 1 is 1.00 bits per heavy atom. The van der Waals surface area contributed by atoms with Gasteiger partial charge in [0.2, 0.25) is 0 Å². The van der Waals surface area contributed by atoms with Gasteiger partial charge in [0.05, 0.1) is 30.7 Å². The Hall–Kier alpha value is -2.75. The Balaban J connectivity index is 1.88. The number of anilines is 1. The second kappa shape index (κ2) is 10.6. The average Bonchev–Trinajstić information content (AvgIpc) is 3.20. The Bertz CT molecular complexity index is 1030. The van der Waals surface area contributed by atoms with Crippen LogP contribution in [0.3, 0.4) is 0 Å². The number of aliphatic hydroxyl groups is 1. The SMILES string of the molecule is CC(C)(C)OC(=O)C1CCN(c2cc(C(F)(F)F)ccc2C2=C[C@@H](CO)N(C(=O)OC(C)(C)C)C2)CC1. The summed E-state index contributed by atoms with van der Waals surface area (Å²) in [6, 6.07) is 2.90. The van der Waals surface area contributed by atoms with E-state index in [1.807, 2.05) is 4.90 Å². The van der Waals surface area contributed by atoms with E-state index in [1.54, 1.807) is 47.6 Å². The van der Waals surface area contributed by atoms with E-state index in [0.29, 0.717) is 42.8 Å². The summed E-state index contributed by atoms with van der Waals surface area (Å²) in [4.78, 5) is 28.5. The average molecular weight is 527 g/mol. The Labute approximate surface area is 216 Å². The lowest BCUT2D eigenvalue weighted by Crippen LogP contribution is -2.42. The molecule has 1 aromatic carbocycles. The van der Waals surface area contributed by atoms with Crippen LogP contribution in [-0.2, 0) is 20.4 Å². The molecule has 1 atom stereocenters. The molecule has 3 rings (SSSR count). The van der Waals surface area contributed by atoms with Gasteiger partial charge in [0.15, 0.2) is 0 Å². The van der Waals surface area contributed by atoms with Gasteiger partial charge in [0.1, 0.15) is 11.2 Å². The molecule has 0 spiro atoms. The van der Waals surface area contributed by atoms with Gasteiger partial charge in [-0.05, 0) is 72.1 Å². The topological polar surface area (TPSA) is 79.3 Å². The first-order valence-electron chi connectivity index (χ1n) is 12.5. The minimum Gasteiger partial charge on any atom is -0.460 e. The molecule has 1 saturated heterocycles. The van der Waals surface area contributed by atoms with Gasteiger partial charge in [-0.15, -0.1) is 0 Å². The highest BCUT2D eigenvalue weighted by Crippen LogP contribution is 2.39. The first-order valence-corrected chi connectivity index (χ1v) is 12.5. The van der Waals surface area contributed by atoms with Gasteiger partial charge in [-0.2, -0.15) is 13.2 Å². The molecule has 2 heterocycles. The molecule has 1 aromatic rings. The van der Waals surface area contributed by atoms with Gasteiger partial charge in [-0.25, -0.2) is 4.79 Å². The van der Waals surface area contributed by atoms with E-state index in [-0.39, 0.29) is 25.0 Å². The molecule has 0 bridgehead atoms. The molecule has 37 heavy (non-hydrogen) atoms. The van der Waals surface area contributed by atoms with Crippen LogP contribution >= 0.6 is 0 Å². The summed E-state index contributed by atoms with van der Waals surface area (Å²) >= 11 is 0. The van der Waals surface area contributed by atoms with Crippen molar-refractivity contribution in [1.82, 2.24) is 4.90 Å². The molecule has 1 fully saturated rings. The fraction of sp³-hybridized carbons (Fsp3) is 0.630. The fourth-order valence-electron chi connectivity index (χ4n) is 4.50. The maximum absolute atomic E-state index is 13.6. The quantitative estimate of drug-likeness (QED) is 0.540. The maximum atomic E-state index is 13.6. The van der Waals surface area contributed by atoms with Crippen LogP contribution in [0.15, 0.2) is 24.3 Å². The number of alkyl halides is 3. The van der Waals surface area contributed by atoms with Gasteiger partial charge in [0.25, 0.3) is 0 Å². The molecule has 1 N–H and O–H groups in total. The van der Waals surface area contributed by atoms with Crippen molar-refractivity contribution in [2.45, 2.75) is 77.8 Å². The number of halogens is 3. The smallest absolute Gasteiger partial charge is 0.416 e. The molecule has 0 unspecified atom stereocenters. The standard InChI is InChI=1S/C27H37F3N2O5/c1-25(2,3)36-23(34)17-9-11-31(12-10-17)22-14-19(27(28,29)30)7-8-21(22)18-13-20(16-33)32(15-18)24(35)37-26(4,5)6/h7-8,13-14,17,20,33H,9-12,15-16H2,1-6H3/t20-/m0/s1. The number of hydrogen-bond acceptors (Lipinski definition) is 6. The van der Waals surface area contributed by atoms with Crippen LogP contribution in [0.2, 0.25) is 0 Å². The van der Waals surface area contributed by atoms with E-state index in [1.165, 1.54) is 11.0 Å². The molecule has 206 valence electrons. The van der Waals surface area contributed by atoms with Gasteiger partial charge in [-0.1, -0.05) is 12.1 Å². The van der Waals surface area contributed by atoms with E-state index in [0.717, 1.165) is 12.1 Å². The third-order valence-electron chi connectivity index (χ3n) is 6.20. The van der Waals surface area contributed by atoms with Gasteiger partial charge in [0, 0.05) is 24.3 Å². The summed E-state index contributed by atoms with van der Waals surface area (Å²) in [5, 5.41) is 9.88. The Morgan fingerprint density at radius 2 is 1.59 bits per heavy atom. The number of amides is 1. The Morgan fingerprint density at radius 3 is 2.11 bits per heavy atom. The van der Waals surface area contributed by atoms with Crippen LogP contribution < -0.4 is 4.90 Å². The van der Waals surface area contributed by atoms with Gasteiger partial charge in [-0.3, -0.25) is 9.69 Å². The van der Waals surface area contributed by atoms with Crippen molar-refractivity contribution >= 4 is 23.3 Å². The summed E-state index contributed by atoms with van der Waals surface area (Å²) in [6.45, 7) is 11.1. The van der Waals surface area contributed by atoms with E-state index < -0.39 is 35.1 Å². The predicted molar refractivity (Wildman–Crippen MR) is 134 cm³/mol. The highest BCUT2D eigenvalue weighted by molar-refractivity contribution is 5.84. The predicted octanol–water partition coefficient (Wildman–Crippen LogP) is 5.26. The van der Waals surface area contributed by atoms with Crippen molar-refractivity contribution in [2.75, 3.05) is 31.1 Å². The molecule has 10 heteroatoms. The van der Waals surface area contributed by atoms with Crippen molar-refractivity contribution in [3.63, 3.8) is 0 Å². The summed E-state index contributed by atoms with van der Waals surface area (Å²) in [5.41, 5.74) is -0.567. The number of hydrogen-bond donors (Lipinski definition) is 1. The lowest BCUT2D eigenvalue weighted by Gasteiger charge is -2.35. The van der Waals surface area contributed by atoms with Crippen LogP contribution in [0.4, 0.5) is 23.7 Å². The molecule has 0 aromatic heterocycles. The number of ether oxygens (including phenoxy) is 2. The van der Waals surface area contributed by atoms with Crippen LogP contribution in [0.25, 0.3) is 5.57 Å². The minimum absolute atomic E-state index is 0.0902. The lowest BCUT2D eigenvalue weighted by atomic mass is 9.94. The molecule has 0 aliphatic carbocycles. The third-order valence-corrected chi connectivity index (χ3v) is 6.20. The van der Waals surface area contributed by atoms with Crippen molar-refractivity contribution in [3.05, 3.63) is 35.4 Å². The van der Waals surface area contributed by atoms with Crippen LogP contribution in [0, 0.1) is 5.92 Å². The molecule has 1 amide bonds. The highest BCUT2D eigenvalue weighted by atomic mass is 19.4. The largest absolute Gasteiger partial charge is 0.460 e. The number of nitrogens with zero attached hydrogens (tertiary/aromatic N) is 2. The van der Waals surface area contributed by atoms with E-state index in [9.17, 15) is 27.9 Å². The fourth-order valence-corrected chi connectivity index (χ4v) is 4.50. The summed E-state index contributed by atoms with van der Waals surface area (Å²) in [5.74, 6) is -0.620. The summed E-state index contributed by atoms with van der Waals surface area (Å²) in [7, 11) is 0. The first kappa shape index (κ1) is 28.8. The van der Waals surface area contributed by atoms with Crippen molar-refractivity contribution in [3.8, 4) is 0 Å². The number of esters is 1. The number of carbonyl (C=O) groups is 2. The summed E-state index contributed by atoms with van der Waals surface area (Å²) in [6.07, 6.45) is -2.53. The molecular weight excluding hydrogens is 489 g/mol. The first-order chi connectivity index (χ1) is 17.0. The number of carbonyl (C=O) groups excluding carboxylic acids is 2. The van der Waals surface area contributed by atoms with Gasteiger partial charge < -0.3 is 19.5 Å². The maximum Gasteiger partial charge on any atom is 0.416 e. The van der Waals surface area contributed by atoms with Crippen LogP contribution in [0.5, 0.6) is 0 Å². The highest BCUT2D eigenvalue weighted by Gasteiger charge is 2.37. The second-order valence-electron chi connectivity index (χ2n) is 11.6. The number of aliphatic hydroxyl groups excluding tert-OH is 1. The van der Waals surface area contributed by atoms with E-state index in [4.69, 9.17) is 9.47 Å². The zero-order valence-corrected chi connectivity index (χ0v) is 22.3. The van der Waals surface area contributed by atoms with Crippen LogP contribution in [-0.4, -0.2) is 65.6 Å². The normalized spacial score (nSPS) is 19.6. The van der Waals surface area contributed by atoms with Crippen LogP contribution in [0.1, 0.15) is 65.5 Å². The van der Waals surface area contributed by atoms with Crippen molar-refractivity contribution in [2.24, 2.45) is 5.92 Å². The molecule has 7 nitrogen and oxygen atoms in total. The number of rotatable bonds is 4. The van der Waals surface area contributed by atoms with Gasteiger partial charge >= 0.3 is 18.2 Å². The van der Waals surface area contributed by atoms with E-state index in [2.05, 4.69) is 0 Å². The zero-order chi connectivity index (χ0) is 27.8. The van der Waals surface area contributed by atoms with Crippen molar-refractivity contribution in [1.29, 1.82) is 0 Å². The molecule has 0 saturated carbocycles.